The Morgan fingerprint density at radius 1 is 1.50 bits per heavy atom. The van der Waals surface area contributed by atoms with Crippen LogP contribution in [0.25, 0.3) is 0 Å². The highest BCUT2D eigenvalue weighted by Crippen LogP contribution is 2.08. The van der Waals surface area contributed by atoms with Crippen LogP contribution in [0.4, 0.5) is 10.1 Å². The van der Waals surface area contributed by atoms with E-state index in [1.54, 1.807) is 19.1 Å². The Labute approximate surface area is 82.1 Å². The fourth-order valence-electron chi connectivity index (χ4n) is 0.902. The van der Waals surface area contributed by atoms with Gasteiger partial charge in [-0.15, -0.1) is 0 Å². The third-order valence-electron chi connectivity index (χ3n) is 1.79. The zero-order chi connectivity index (χ0) is 10.6. The highest BCUT2D eigenvalue weighted by Gasteiger charge is 2.15. The summed E-state index contributed by atoms with van der Waals surface area (Å²) < 4.78 is 12.5. The molecule has 1 atom stereocenters. The lowest BCUT2D eigenvalue weighted by atomic mass is 10.1. The second kappa shape index (κ2) is 4.19. The molecule has 0 heterocycles. The van der Waals surface area contributed by atoms with Gasteiger partial charge in [0, 0.05) is 12.2 Å². The Kier molecular flexibility index (Phi) is 3.19. The number of nitrogens with one attached hydrogen (secondary N) is 1. The van der Waals surface area contributed by atoms with Crippen LogP contribution in [-0.4, -0.2) is 18.4 Å². The van der Waals surface area contributed by atoms with E-state index in [9.17, 15) is 9.18 Å². The highest BCUT2D eigenvalue weighted by molar-refractivity contribution is 5.64. The van der Waals surface area contributed by atoms with Crippen LogP contribution in [0.3, 0.4) is 0 Å². The molecule has 0 aliphatic rings. The summed E-state index contributed by atoms with van der Waals surface area (Å²) in [6, 6.07) is 5.88. The fraction of sp³-hybridized carbons (Fsp3) is 0.300. The first-order valence-electron chi connectivity index (χ1n) is 4.28. The van der Waals surface area contributed by atoms with Crippen LogP contribution in [0.2, 0.25) is 0 Å². The van der Waals surface area contributed by atoms with Crippen molar-refractivity contribution in [3.8, 4) is 0 Å². The molecule has 0 aromatic heterocycles. The molecule has 3 nitrogen and oxygen atoms in total. The Bertz CT molecular complexity index is 308. The summed E-state index contributed by atoms with van der Waals surface area (Å²) in [7, 11) is 0. The van der Waals surface area contributed by atoms with E-state index in [1.807, 2.05) is 0 Å². The molecule has 76 valence electrons. The number of halogens is 1. The van der Waals surface area contributed by atoms with Crippen molar-refractivity contribution >= 4 is 12.0 Å². The van der Waals surface area contributed by atoms with E-state index in [-0.39, 0.29) is 5.82 Å². The van der Waals surface area contributed by atoms with Crippen LogP contribution in [0.1, 0.15) is 6.92 Å². The molecular formula is C10H13FN2O. The summed E-state index contributed by atoms with van der Waals surface area (Å²) in [6.07, 6.45) is 0.684. The summed E-state index contributed by atoms with van der Waals surface area (Å²) >= 11 is 0. The molecule has 0 fully saturated rings. The number of anilines is 1. The maximum Gasteiger partial charge on any atom is 0.141 e. The maximum atomic E-state index is 12.5. The van der Waals surface area contributed by atoms with Crippen molar-refractivity contribution in [1.82, 2.24) is 0 Å². The number of hydrogen-bond donors (Lipinski definition) is 2. The maximum absolute atomic E-state index is 12.5. The normalized spacial score (nSPS) is 14.5. The van der Waals surface area contributed by atoms with E-state index < -0.39 is 5.54 Å². The Morgan fingerprint density at radius 2 is 2.07 bits per heavy atom. The molecule has 0 amide bonds. The average molecular weight is 196 g/mol. The van der Waals surface area contributed by atoms with E-state index in [2.05, 4.69) is 5.32 Å². The van der Waals surface area contributed by atoms with Gasteiger partial charge in [0.2, 0.25) is 0 Å². The SMILES string of the molecule is CC(N)(C=O)CNc1ccc(F)cc1. The van der Waals surface area contributed by atoms with Gasteiger partial charge in [-0.3, -0.25) is 0 Å². The number of aldehydes is 1. The molecule has 0 radical (unpaired) electrons. The summed E-state index contributed by atoms with van der Waals surface area (Å²) in [4.78, 5) is 10.5. The zero-order valence-electron chi connectivity index (χ0n) is 7.96. The molecule has 1 aromatic carbocycles. The van der Waals surface area contributed by atoms with Gasteiger partial charge >= 0.3 is 0 Å². The van der Waals surface area contributed by atoms with Crippen LogP contribution in [0.5, 0.6) is 0 Å². The molecular weight excluding hydrogens is 183 g/mol. The van der Waals surface area contributed by atoms with Gasteiger partial charge in [0.15, 0.2) is 0 Å². The third kappa shape index (κ3) is 3.14. The molecule has 14 heavy (non-hydrogen) atoms. The van der Waals surface area contributed by atoms with Gasteiger partial charge in [0.25, 0.3) is 0 Å². The molecule has 1 aromatic rings. The lowest BCUT2D eigenvalue weighted by Crippen LogP contribution is -2.44. The molecule has 0 aliphatic heterocycles. The number of rotatable bonds is 4. The summed E-state index contributed by atoms with van der Waals surface area (Å²) in [6.45, 7) is 1.94. The minimum atomic E-state index is -0.894. The van der Waals surface area contributed by atoms with Gasteiger partial charge in [-0.05, 0) is 31.2 Å². The van der Waals surface area contributed by atoms with Crippen LogP contribution >= 0.6 is 0 Å². The first kappa shape index (κ1) is 10.7. The van der Waals surface area contributed by atoms with Crippen molar-refractivity contribution in [1.29, 1.82) is 0 Å². The quantitative estimate of drug-likeness (QED) is 0.710. The van der Waals surface area contributed by atoms with E-state index in [0.717, 1.165) is 5.69 Å². The van der Waals surface area contributed by atoms with E-state index in [1.165, 1.54) is 12.1 Å². The molecule has 3 N–H and O–H groups in total. The van der Waals surface area contributed by atoms with Crippen LogP contribution in [0.15, 0.2) is 24.3 Å². The minimum Gasteiger partial charge on any atom is -0.383 e. The Balaban J connectivity index is 2.54. The van der Waals surface area contributed by atoms with Crippen molar-refractivity contribution in [2.45, 2.75) is 12.5 Å². The lowest BCUT2D eigenvalue weighted by Gasteiger charge is -2.18. The van der Waals surface area contributed by atoms with E-state index in [4.69, 9.17) is 5.73 Å². The first-order valence-corrected chi connectivity index (χ1v) is 4.28. The number of carbonyl (C=O) groups excluding carboxylic acids is 1. The Hall–Kier alpha value is -1.42. The molecule has 4 heteroatoms. The largest absolute Gasteiger partial charge is 0.383 e. The predicted octanol–water partition coefficient (Wildman–Crippen LogP) is 1.15. The topological polar surface area (TPSA) is 55.1 Å². The van der Waals surface area contributed by atoms with Crippen molar-refractivity contribution < 1.29 is 9.18 Å². The summed E-state index contributed by atoms with van der Waals surface area (Å²) in [5.41, 5.74) is 5.44. The molecule has 1 unspecified atom stereocenters. The summed E-state index contributed by atoms with van der Waals surface area (Å²) in [5.74, 6) is -0.290. The van der Waals surface area contributed by atoms with E-state index in [0.29, 0.717) is 12.8 Å². The standard InChI is InChI=1S/C10H13FN2O/c1-10(12,7-14)6-13-9-4-2-8(11)3-5-9/h2-5,7,13H,6,12H2,1H3. The van der Waals surface area contributed by atoms with Crippen molar-refractivity contribution in [3.05, 3.63) is 30.1 Å². The molecule has 0 saturated carbocycles. The van der Waals surface area contributed by atoms with Crippen LogP contribution in [0, 0.1) is 5.82 Å². The molecule has 0 spiro atoms. The van der Waals surface area contributed by atoms with Crippen molar-refractivity contribution in [2.75, 3.05) is 11.9 Å². The fourth-order valence-corrected chi connectivity index (χ4v) is 0.902. The molecule has 0 saturated heterocycles. The van der Waals surface area contributed by atoms with Gasteiger partial charge in [-0.2, -0.15) is 0 Å². The zero-order valence-corrected chi connectivity index (χ0v) is 7.96. The number of nitrogens with two attached hydrogens (primary N) is 1. The molecule has 1 rings (SSSR count). The minimum absolute atomic E-state index is 0.290. The van der Waals surface area contributed by atoms with Gasteiger partial charge in [0.1, 0.15) is 12.1 Å². The van der Waals surface area contributed by atoms with Gasteiger partial charge < -0.3 is 15.8 Å². The smallest absolute Gasteiger partial charge is 0.141 e. The number of carbonyl (C=O) groups is 1. The highest BCUT2D eigenvalue weighted by atomic mass is 19.1. The first-order chi connectivity index (χ1) is 6.53. The van der Waals surface area contributed by atoms with E-state index >= 15 is 0 Å². The predicted molar refractivity (Wildman–Crippen MR) is 53.5 cm³/mol. The van der Waals surface area contributed by atoms with Crippen LogP contribution < -0.4 is 11.1 Å². The second-order valence-electron chi connectivity index (χ2n) is 3.48. The second-order valence-corrected chi connectivity index (χ2v) is 3.48. The van der Waals surface area contributed by atoms with Crippen molar-refractivity contribution in [3.63, 3.8) is 0 Å². The van der Waals surface area contributed by atoms with Crippen molar-refractivity contribution in [2.24, 2.45) is 5.73 Å². The van der Waals surface area contributed by atoms with Crippen LogP contribution in [-0.2, 0) is 4.79 Å². The monoisotopic (exact) mass is 196 g/mol. The molecule has 0 aliphatic carbocycles. The number of hydrogen-bond acceptors (Lipinski definition) is 3. The third-order valence-corrected chi connectivity index (χ3v) is 1.79. The average Bonchev–Trinajstić information content (AvgIpc) is 2.17. The number of benzene rings is 1. The van der Waals surface area contributed by atoms with Gasteiger partial charge in [0.05, 0.1) is 5.54 Å². The van der Waals surface area contributed by atoms with Gasteiger partial charge in [-0.1, -0.05) is 0 Å². The lowest BCUT2D eigenvalue weighted by molar-refractivity contribution is -0.111. The summed E-state index contributed by atoms with van der Waals surface area (Å²) in [5, 5.41) is 2.94. The van der Waals surface area contributed by atoms with Gasteiger partial charge in [-0.25, -0.2) is 4.39 Å². The Morgan fingerprint density at radius 3 is 2.57 bits per heavy atom. The molecule has 0 bridgehead atoms.